The molecule has 2 atom stereocenters. The lowest BCUT2D eigenvalue weighted by atomic mass is 10.1. The van der Waals surface area contributed by atoms with Crippen LogP contribution in [0.2, 0.25) is 0 Å². The van der Waals surface area contributed by atoms with E-state index in [1.807, 2.05) is 25.7 Å². The Morgan fingerprint density at radius 3 is 2.89 bits per heavy atom. The van der Waals surface area contributed by atoms with Crippen LogP contribution in [0.3, 0.4) is 0 Å². The van der Waals surface area contributed by atoms with E-state index in [9.17, 15) is 4.79 Å². The second-order valence-electron chi connectivity index (χ2n) is 5.10. The zero-order valence-electron chi connectivity index (χ0n) is 11.5. The number of nitrogens with two attached hydrogens (primary N) is 1. The fourth-order valence-corrected chi connectivity index (χ4v) is 2.22. The molecule has 1 fully saturated rings. The molecule has 7 nitrogen and oxygen atoms in total. The number of ether oxygens (including phenoxy) is 1. The van der Waals surface area contributed by atoms with E-state index in [1.165, 1.54) is 0 Å². The van der Waals surface area contributed by atoms with Crippen LogP contribution in [0.5, 0.6) is 0 Å². The Balaban J connectivity index is 2.09. The maximum atomic E-state index is 11.5. The van der Waals surface area contributed by atoms with Gasteiger partial charge >= 0.3 is 0 Å². The van der Waals surface area contributed by atoms with Crippen molar-refractivity contribution in [2.75, 3.05) is 13.2 Å². The lowest BCUT2D eigenvalue weighted by Crippen LogP contribution is -2.56. The number of hydrogen-bond acceptors (Lipinski definition) is 6. The zero-order chi connectivity index (χ0) is 14.0. The van der Waals surface area contributed by atoms with Gasteiger partial charge in [-0.1, -0.05) is 19.0 Å². The summed E-state index contributed by atoms with van der Waals surface area (Å²) in [5.74, 6) is 0.979. The molecule has 0 unspecified atom stereocenters. The topological polar surface area (TPSA) is 94.5 Å². The summed E-state index contributed by atoms with van der Waals surface area (Å²) in [6, 6.07) is -0.449. The van der Waals surface area contributed by atoms with Gasteiger partial charge in [0.05, 0.1) is 19.3 Å². The van der Waals surface area contributed by atoms with Gasteiger partial charge in [-0.25, -0.2) is 0 Å². The second kappa shape index (κ2) is 5.66. The van der Waals surface area contributed by atoms with Crippen molar-refractivity contribution in [1.82, 2.24) is 15.0 Å². The number of primary amides is 1. The van der Waals surface area contributed by atoms with Crippen molar-refractivity contribution in [3.8, 4) is 0 Å². The highest BCUT2D eigenvalue weighted by molar-refractivity contribution is 5.80. The summed E-state index contributed by atoms with van der Waals surface area (Å²) in [5, 5.41) is 3.93. The van der Waals surface area contributed by atoms with Crippen LogP contribution in [0.4, 0.5) is 0 Å². The van der Waals surface area contributed by atoms with Crippen molar-refractivity contribution in [2.24, 2.45) is 5.73 Å². The average Bonchev–Trinajstić information content (AvgIpc) is 2.77. The summed E-state index contributed by atoms with van der Waals surface area (Å²) in [4.78, 5) is 17.8. The largest absolute Gasteiger partial charge is 0.375 e. The van der Waals surface area contributed by atoms with Crippen LogP contribution in [-0.2, 0) is 16.1 Å². The number of amides is 1. The van der Waals surface area contributed by atoms with Crippen LogP contribution in [0.1, 0.15) is 38.4 Å². The minimum absolute atomic E-state index is 0.191. The molecule has 0 saturated carbocycles. The van der Waals surface area contributed by atoms with Crippen molar-refractivity contribution in [1.29, 1.82) is 0 Å². The van der Waals surface area contributed by atoms with Crippen LogP contribution < -0.4 is 5.73 Å². The maximum Gasteiger partial charge on any atom is 0.237 e. The van der Waals surface area contributed by atoms with Crippen LogP contribution >= 0.6 is 0 Å². The summed E-state index contributed by atoms with van der Waals surface area (Å²) in [6.07, 6.45) is -0.220. The van der Waals surface area contributed by atoms with Gasteiger partial charge in [-0.05, 0) is 6.92 Å². The Morgan fingerprint density at radius 1 is 1.58 bits per heavy atom. The number of carbonyl (C=O) groups is 1. The smallest absolute Gasteiger partial charge is 0.237 e. The van der Waals surface area contributed by atoms with Crippen LogP contribution in [0, 0.1) is 0 Å². The molecule has 1 aromatic rings. The Morgan fingerprint density at radius 2 is 2.32 bits per heavy atom. The number of nitrogens with zero attached hydrogens (tertiary/aromatic N) is 3. The van der Waals surface area contributed by atoms with Crippen LogP contribution in [-0.4, -0.2) is 46.2 Å². The van der Waals surface area contributed by atoms with E-state index in [0.717, 1.165) is 0 Å². The molecule has 7 heteroatoms. The quantitative estimate of drug-likeness (QED) is 0.842. The average molecular weight is 268 g/mol. The molecule has 2 rings (SSSR count). The van der Waals surface area contributed by atoms with Gasteiger partial charge in [0.15, 0.2) is 5.82 Å². The van der Waals surface area contributed by atoms with Crippen molar-refractivity contribution >= 4 is 5.91 Å². The third kappa shape index (κ3) is 3.10. The summed E-state index contributed by atoms with van der Waals surface area (Å²) < 4.78 is 10.6. The van der Waals surface area contributed by atoms with Gasteiger partial charge in [-0.15, -0.1) is 0 Å². The Hall–Kier alpha value is -1.47. The van der Waals surface area contributed by atoms with Gasteiger partial charge in [0.25, 0.3) is 0 Å². The summed E-state index contributed by atoms with van der Waals surface area (Å²) >= 11 is 0. The molecule has 19 heavy (non-hydrogen) atoms. The van der Waals surface area contributed by atoms with Crippen LogP contribution in [0.25, 0.3) is 0 Å². The van der Waals surface area contributed by atoms with Gasteiger partial charge in [-0.3, -0.25) is 9.69 Å². The first kappa shape index (κ1) is 14.0. The highest BCUT2D eigenvalue weighted by Gasteiger charge is 2.34. The van der Waals surface area contributed by atoms with Gasteiger partial charge < -0.3 is 15.0 Å². The molecule has 0 aromatic carbocycles. The molecule has 2 heterocycles. The number of carbonyl (C=O) groups excluding carboxylic acids is 1. The Bertz CT molecular complexity index is 446. The highest BCUT2D eigenvalue weighted by Crippen LogP contribution is 2.17. The lowest BCUT2D eigenvalue weighted by molar-refractivity contribution is -0.136. The minimum atomic E-state index is -0.449. The highest BCUT2D eigenvalue weighted by atomic mass is 16.5. The first-order valence-electron chi connectivity index (χ1n) is 6.46. The monoisotopic (exact) mass is 268 g/mol. The normalized spacial score (nSPS) is 24.8. The first-order valence-corrected chi connectivity index (χ1v) is 6.46. The van der Waals surface area contributed by atoms with Crippen molar-refractivity contribution < 1.29 is 14.1 Å². The van der Waals surface area contributed by atoms with Gasteiger partial charge in [-0.2, -0.15) is 4.98 Å². The minimum Gasteiger partial charge on any atom is -0.375 e. The standard InChI is InChI=1S/C12H20N4O3/c1-7(2)12-14-9(15-19-12)6-16-4-5-18-8(3)10(16)11(13)17/h7-8,10H,4-6H2,1-3H3,(H2,13,17)/t8-,10+/m1/s1. The number of rotatable bonds is 4. The fourth-order valence-electron chi connectivity index (χ4n) is 2.22. The summed E-state index contributed by atoms with van der Waals surface area (Å²) in [7, 11) is 0. The number of morpholine rings is 1. The third-order valence-corrected chi connectivity index (χ3v) is 3.21. The molecular formula is C12H20N4O3. The first-order chi connectivity index (χ1) is 8.99. The van der Waals surface area contributed by atoms with E-state index < -0.39 is 6.04 Å². The molecule has 1 aliphatic heterocycles. The van der Waals surface area contributed by atoms with E-state index in [1.54, 1.807) is 0 Å². The zero-order valence-corrected chi connectivity index (χ0v) is 11.5. The van der Waals surface area contributed by atoms with Gasteiger partial charge in [0, 0.05) is 12.5 Å². The molecule has 1 aliphatic rings. The summed E-state index contributed by atoms with van der Waals surface area (Å²) in [6.45, 7) is 7.46. The second-order valence-corrected chi connectivity index (χ2v) is 5.10. The molecule has 1 saturated heterocycles. The van der Waals surface area contributed by atoms with Gasteiger partial charge in [0.1, 0.15) is 6.04 Å². The predicted molar refractivity (Wildman–Crippen MR) is 67.2 cm³/mol. The Kier molecular flexibility index (Phi) is 4.16. The molecule has 0 aliphatic carbocycles. The van der Waals surface area contributed by atoms with Gasteiger partial charge in [0.2, 0.25) is 11.8 Å². The van der Waals surface area contributed by atoms with E-state index in [2.05, 4.69) is 10.1 Å². The van der Waals surface area contributed by atoms with E-state index in [-0.39, 0.29) is 17.9 Å². The molecule has 0 radical (unpaired) electrons. The van der Waals surface area contributed by atoms with Crippen molar-refractivity contribution in [3.63, 3.8) is 0 Å². The van der Waals surface area contributed by atoms with Crippen LogP contribution in [0.15, 0.2) is 4.52 Å². The maximum absolute atomic E-state index is 11.5. The predicted octanol–water partition coefficient (Wildman–Crippen LogP) is 0.268. The molecule has 0 bridgehead atoms. The third-order valence-electron chi connectivity index (χ3n) is 3.21. The SMILES string of the molecule is CC(C)c1nc(CN2CCO[C@H](C)[C@H]2C(N)=O)no1. The van der Waals surface area contributed by atoms with Crippen molar-refractivity contribution in [3.05, 3.63) is 11.7 Å². The Labute approximate surface area is 112 Å². The number of aromatic nitrogens is 2. The lowest BCUT2D eigenvalue weighted by Gasteiger charge is -2.37. The van der Waals surface area contributed by atoms with E-state index in [0.29, 0.717) is 31.4 Å². The molecule has 0 spiro atoms. The van der Waals surface area contributed by atoms with E-state index >= 15 is 0 Å². The molecular weight excluding hydrogens is 248 g/mol. The number of hydrogen-bond donors (Lipinski definition) is 1. The molecule has 2 N–H and O–H groups in total. The summed E-state index contributed by atoms with van der Waals surface area (Å²) in [5.41, 5.74) is 5.43. The van der Waals surface area contributed by atoms with E-state index in [4.69, 9.17) is 15.0 Å². The molecule has 1 amide bonds. The molecule has 1 aromatic heterocycles. The molecule has 106 valence electrons. The van der Waals surface area contributed by atoms with Crippen molar-refractivity contribution in [2.45, 2.75) is 45.4 Å². The fraction of sp³-hybridized carbons (Fsp3) is 0.750.